The molecule has 21 heavy (non-hydrogen) atoms. The summed E-state index contributed by atoms with van der Waals surface area (Å²) in [6.07, 6.45) is -2.66. The number of thiophene rings is 1. The van der Waals surface area contributed by atoms with Crippen molar-refractivity contribution in [3.8, 4) is 0 Å². The molecule has 0 radical (unpaired) electrons. The van der Waals surface area contributed by atoms with Gasteiger partial charge in [-0.1, -0.05) is 23.7 Å². The van der Waals surface area contributed by atoms with E-state index in [-0.39, 0.29) is 5.92 Å². The van der Waals surface area contributed by atoms with E-state index >= 15 is 0 Å². The van der Waals surface area contributed by atoms with E-state index in [9.17, 15) is 18.3 Å². The minimum Gasteiger partial charge on any atom is -0.379 e. The molecule has 0 aliphatic heterocycles. The maximum atomic E-state index is 12.6. The van der Waals surface area contributed by atoms with Gasteiger partial charge in [0.15, 0.2) is 0 Å². The smallest absolute Gasteiger partial charge is 0.379 e. The molecule has 1 aliphatic carbocycles. The second-order valence-electron chi connectivity index (χ2n) is 5.22. The lowest BCUT2D eigenvalue weighted by Crippen LogP contribution is -2.28. The average molecular weight is 333 g/mol. The molecular formula is C15H12ClF3OS. The molecule has 1 heterocycles. The van der Waals surface area contributed by atoms with Gasteiger partial charge in [0.2, 0.25) is 0 Å². The summed E-state index contributed by atoms with van der Waals surface area (Å²) in [5, 5.41) is 11.1. The zero-order chi connectivity index (χ0) is 15.3. The second-order valence-corrected chi connectivity index (χ2v) is 6.93. The molecule has 1 aromatic carbocycles. The highest BCUT2D eigenvalue weighted by molar-refractivity contribution is 7.16. The molecule has 0 bridgehead atoms. The van der Waals surface area contributed by atoms with E-state index in [1.165, 1.54) is 23.5 Å². The fraction of sp³-hybridized carbons (Fsp3) is 0.333. The quantitative estimate of drug-likeness (QED) is 0.832. The number of alkyl halides is 3. The summed E-state index contributed by atoms with van der Waals surface area (Å²) in [5.74, 6) is 0.0314. The van der Waals surface area contributed by atoms with E-state index in [1.807, 2.05) is 0 Å². The monoisotopic (exact) mass is 332 g/mol. The molecule has 1 aliphatic rings. The molecule has 0 amide bonds. The van der Waals surface area contributed by atoms with E-state index in [1.54, 1.807) is 12.1 Å². The van der Waals surface area contributed by atoms with Crippen molar-refractivity contribution in [3.63, 3.8) is 0 Å². The number of rotatable bonds is 3. The largest absolute Gasteiger partial charge is 0.416 e. The first-order chi connectivity index (χ1) is 9.81. The van der Waals surface area contributed by atoms with Gasteiger partial charge in [0.25, 0.3) is 0 Å². The Morgan fingerprint density at radius 1 is 1.00 bits per heavy atom. The summed E-state index contributed by atoms with van der Waals surface area (Å²) in [6, 6.07) is 8.17. The van der Waals surface area contributed by atoms with Crippen LogP contribution in [0.5, 0.6) is 0 Å². The Hall–Kier alpha value is -1.04. The molecule has 2 aromatic rings. The predicted octanol–water partition coefficient (Wildman–Crippen LogP) is 5.07. The van der Waals surface area contributed by atoms with Gasteiger partial charge in [-0.3, -0.25) is 0 Å². The van der Waals surface area contributed by atoms with Gasteiger partial charge in [0, 0.05) is 4.88 Å². The Balaban J connectivity index is 2.02. The molecule has 1 unspecified atom stereocenters. The minimum absolute atomic E-state index is 0.0314. The Morgan fingerprint density at radius 3 is 2.00 bits per heavy atom. The van der Waals surface area contributed by atoms with Crippen molar-refractivity contribution in [1.29, 1.82) is 0 Å². The number of hydrogen-bond donors (Lipinski definition) is 1. The summed E-state index contributed by atoms with van der Waals surface area (Å²) in [5.41, 5.74) is -1.48. The van der Waals surface area contributed by atoms with E-state index in [4.69, 9.17) is 11.6 Å². The second kappa shape index (κ2) is 5.00. The molecule has 1 aromatic heterocycles. The summed E-state index contributed by atoms with van der Waals surface area (Å²) < 4.78 is 38.5. The molecule has 1 saturated carbocycles. The van der Waals surface area contributed by atoms with Crippen molar-refractivity contribution < 1.29 is 18.3 Å². The first-order valence-electron chi connectivity index (χ1n) is 6.48. The third-order valence-corrected chi connectivity index (χ3v) is 5.13. The summed E-state index contributed by atoms with van der Waals surface area (Å²) in [6.45, 7) is 0. The summed E-state index contributed by atoms with van der Waals surface area (Å²) in [4.78, 5) is 0.676. The fourth-order valence-corrected chi connectivity index (χ4v) is 3.75. The third kappa shape index (κ3) is 2.70. The van der Waals surface area contributed by atoms with Crippen molar-refractivity contribution >= 4 is 22.9 Å². The van der Waals surface area contributed by atoms with Gasteiger partial charge >= 0.3 is 6.18 Å². The van der Waals surface area contributed by atoms with Gasteiger partial charge in [0.05, 0.1) is 9.90 Å². The van der Waals surface area contributed by atoms with Crippen LogP contribution in [-0.2, 0) is 11.8 Å². The number of hydrogen-bond acceptors (Lipinski definition) is 2. The zero-order valence-electron chi connectivity index (χ0n) is 10.8. The van der Waals surface area contributed by atoms with Gasteiger partial charge in [-0.15, -0.1) is 11.3 Å². The predicted molar refractivity (Wildman–Crippen MR) is 76.5 cm³/mol. The highest BCUT2D eigenvalue weighted by Gasteiger charge is 2.47. The van der Waals surface area contributed by atoms with Gasteiger partial charge in [-0.25, -0.2) is 0 Å². The van der Waals surface area contributed by atoms with Crippen LogP contribution < -0.4 is 0 Å². The molecule has 0 saturated heterocycles. The van der Waals surface area contributed by atoms with Crippen LogP contribution in [0.3, 0.4) is 0 Å². The van der Waals surface area contributed by atoms with Crippen LogP contribution >= 0.6 is 22.9 Å². The Kier molecular flexibility index (Phi) is 3.55. The average Bonchev–Trinajstić information content (AvgIpc) is 3.20. The van der Waals surface area contributed by atoms with Crippen LogP contribution in [-0.4, -0.2) is 5.11 Å². The highest BCUT2D eigenvalue weighted by Crippen LogP contribution is 2.51. The minimum atomic E-state index is -4.37. The van der Waals surface area contributed by atoms with E-state index < -0.39 is 17.3 Å². The lowest BCUT2D eigenvalue weighted by Gasteiger charge is -2.28. The van der Waals surface area contributed by atoms with Crippen LogP contribution in [0.25, 0.3) is 0 Å². The van der Waals surface area contributed by atoms with E-state index in [2.05, 4.69) is 0 Å². The van der Waals surface area contributed by atoms with Crippen molar-refractivity contribution in [3.05, 3.63) is 56.7 Å². The molecule has 1 fully saturated rings. The van der Waals surface area contributed by atoms with E-state index in [0.717, 1.165) is 25.0 Å². The van der Waals surface area contributed by atoms with Crippen LogP contribution in [0.4, 0.5) is 13.2 Å². The molecule has 1 N–H and O–H groups in total. The lowest BCUT2D eigenvalue weighted by molar-refractivity contribution is -0.137. The van der Waals surface area contributed by atoms with Gasteiger partial charge in [-0.2, -0.15) is 13.2 Å². The van der Waals surface area contributed by atoms with Crippen LogP contribution in [0.15, 0.2) is 36.4 Å². The van der Waals surface area contributed by atoms with Crippen molar-refractivity contribution in [1.82, 2.24) is 0 Å². The standard InChI is InChI=1S/C15H12ClF3OS/c16-13-8-7-12(21-13)14(20,9-1-2-9)10-3-5-11(6-4-10)15(17,18)19/h3-9,20H,1-2H2. The van der Waals surface area contributed by atoms with Gasteiger partial charge in [-0.05, 0) is 48.6 Å². The van der Waals surface area contributed by atoms with Crippen LogP contribution in [0, 0.1) is 5.92 Å². The Labute approximate surface area is 129 Å². The van der Waals surface area contributed by atoms with Crippen molar-refractivity contribution in [2.24, 2.45) is 5.92 Å². The third-order valence-electron chi connectivity index (χ3n) is 3.77. The molecule has 1 atom stereocenters. The maximum Gasteiger partial charge on any atom is 0.416 e. The van der Waals surface area contributed by atoms with Gasteiger partial charge < -0.3 is 5.11 Å². The highest BCUT2D eigenvalue weighted by atomic mass is 35.5. The molecule has 112 valence electrons. The normalized spacial score (nSPS) is 18.5. The van der Waals surface area contributed by atoms with Crippen LogP contribution in [0.2, 0.25) is 4.34 Å². The molecule has 1 nitrogen and oxygen atoms in total. The molecular weight excluding hydrogens is 321 g/mol. The Morgan fingerprint density at radius 2 is 1.57 bits per heavy atom. The van der Waals surface area contributed by atoms with E-state index in [0.29, 0.717) is 14.8 Å². The lowest BCUT2D eigenvalue weighted by atomic mass is 9.87. The van der Waals surface area contributed by atoms with Gasteiger partial charge in [0.1, 0.15) is 5.60 Å². The topological polar surface area (TPSA) is 20.2 Å². The zero-order valence-corrected chi connectivity index (χ0v) is 12.4. The first kappa shape index (κ1) is 14.9. The summed E-state index contributed by atoms with van der Waals surface area (Å²) in [7, 11) is 0. The SMILES string of the molecule is OC(c1ccc(C(F)(F)F)cc1)(c1ccc(Cl)s1)C1CC1. The molecule has 3 rings (SSSR count). The van der Waals surface area contributed by atoms with Crippen LogP contribution in [0.1, 0.15) is 28.8 Å². The number of aliphatic hydroxyl groups is 1. The van der Waals surface area contributed by atoms with Crippen molar-refractivity contribution in [2.45, 2.75) is 24.6 Å². The molecule has 6 heteroatoms. The molecule has 0 spiro atoms. The fourth-order valence-electron chi connectivity index (χ4n) is 2.51. The van der Waals surface area contributed by atoms with Crippen molar-refractivity contribution in [2.75, 3.05) is 0 Å². The number of benzene rings is 1. The maximum absolute atomic E-state index is 12.6. The summed E-state index contributed by atoms with van der Waals surface area (Å²) >= 11 is 7.18. The number of halogens is 4. The first-order valence-corrected chi connectivity index (χ1v) is 7.67. The Bertz CT molecular complexity index is 646.